The van der Waals surface area contributed by atoms with Crippen LogP contribution in [0.5, 0.6) is 0 Å². The summed E-state index contributed by atoms with van der Waals surface area (Å²) in [5, 5.41) is 2.97. The molecule has 0 N–H and O–H groups in total. The SMILES string of the molecule is CCC(C)=CC=C(C)C1C=C(C2=CCC(C)C=CC=C2)C=C(CC2=CC(c3ccc4c5c(c6c(c4c3)C=CC(C3=CCCC=C3)C6)CCCC5)=CCC2)C1. The van der Waals surface area contributed by atoms with Crippen LogP contribution in [0.15, 0.2) is 148 Å². The summed E-state index contributed by atoms with van der Waals surface area (Å²) in [7, 11) is 0. The van der Waals surface area contributed by atoms with Crippen LogP contribution >= 0.6 is 0 Å². The molecule has 6 aliphatic carbocycles. The lowest BCUT2D eigenvalue weighted by atomic mass is 9.74. The van der Waals surface area contributed by atoms with Crippen LogP contribution in [0.3, 0.4) is 0 Å². The maximum absolute atomic E-state index is 2.55. The van der Waals surface area contributed by atoms with E-state index >= 15 is 0 Å². The van der Waals surface area contributed by atoms with Crippen molar-refractivity contribution in [3.63, 3.8) is 0 Å². The van der Waals surface area contributed by atoms with Gasteiger partial charge in [0.1, 0.15) is 0 Å². The monoisotopic (exact) mass is 708 g/mol. The van der Waals surface area contributed by atoms with Gasteiger partial charge in [0, 0.05) is 11.8 Å². The van der Waals surface area contributed by atoms with Gasteiger partial charge in [0.15, 0.2) is 0 Å². The average molecular weight is 709 g/mol. The van der Waals surface area contributed by atoms with Gasteiger partial charge in [-0.2, -0.15) is 0 Å². The third-order valence-electron chi connectivity index (χ3n) is 13.0. The highest BCUT2D eigenvalue weighted by molar-refractivity contribution is 5.98. The minimum absolute atomic E-state index is 0.420. The van der Waals surface area contributed by atoms with Crippen molar-refractivity contribution in [2.45, 2.75) is 111 Å². The van der Waals surface area contributed by atoms with E-state index in [0.29, 0.717) is 17.8 Å². The number of fused-ring (bicyclic) bond motifs is 6. The first-order valence-corrected chi connectivity index (χ1v) is 21.3. The maximum Gasteiger partial charge on any atom is 0.00587 e. The van der Waals surface area contributed by atoms with Crippen molar-refractivity contribution < 1.29 is 0 Å². The lowest BCUT2D eigenvalue weighted by Crippen LogP contribution is -2.16. The van der Waals surface area contributed by atoms with Crippen LogP contribution in [-0.4, -0.2) is 0 Å². The van der Waals surface area contributed by atoms with Crippen LogP contribution in [0.2, 0.25) is 0 Å². The second-order valence-corrected chi connectivity index (χ2v) is 17.0. The van der Waals surface area contributed by atoms with E-state index in [4.69, 9.17) is 0 Å². The molecule has 276 valence electrons. The Labute approximate surface area is 326 Å². The Hall–Kier alpha value is -4.42. The summed E-state index contributed by atoms with van der Waals surface area (Å²) in [6.07, 6.45) is 53.9. The molecule has 2 aromatic rings. The van der Waals surface area contributed by atoms with E-state index in [1.165, 1.54) is 93.9 Å². The van der Waals surface area contributed by atoms with Gasteiger partial charge in [-0.25, -0.2) is 0 Å². The minimum Gasteiger partial charge on any atom is -0.0839 e. The summed E-state index contributed by atoms with van der Waals surface area (Å²) in [6.45, 7) is 9.15. The fraction of sp³-hybridized carbons (Fsp3) is 0.370. The van der Waals surface area contributed by atoms with Crippen LogP contribution in [0.25, 0.3) is 22.4 Å². The molecular weight excluding hydrogens is 649 g/mol. The molecule has 3 unspecified atom stereocenters. The fourth-order valence-corrected chi connectivity index (χ4v) is 9.61. The van der Waals surface area contributed by atoms with Crippen molar-refractivity contribution in [1.82, 2.24) is 0 Å². The Morgan fingerprint density at radius 3 is 2.46 bits per heavy atom. The Morgan fingerprint density at radius 2 is 1.61 bits per heavy atom. The van der Waals surface area contributed by atoms with Gasteiger partial charge in [-0.3, -0.25) is 0 Å². The van der Waals surface area contributed by atoms with Crippen LogP contribution in [0.1, 0.15) is 120 Å². The van der Waals surface area contributed by atoms with Gasteiger partial charge in [-0.1, -0.05) is 145 Å². The summed E-state index contributed by atoms with van der Waals surface area (Å²) in [4.78, 5) is 0. The normalized spacial score (nSPS) is 24.4. The number of hydrogen-bond acceptors (Lipinski definition) is 0. The number of allylic oxidation sites excluding steroid dienone is 23. The number of benzene rings is 2. The summed E-state index contributed by atoms with van der Waals surface area (Å²) < 4.78 is 0. The zero-order chi connectivity index (χ0) is 37.0. The number of aryl methyl sites for hydroxylation is 1. The van der Waals surface area contributed by atoms with Crippen LogP contribution in [0.4, 0.5) is 0 Å². The molecule has 2 aromatic carbocycles. The van der Waals surface area contributed by atoms with Crippen LogP contribution in [-0.2, 0) is 19.3 Å². The van der Waals surface area contributed by atoms with E-state index in [9.17, 15) is 0 Å². The third kappa shape index (κ3) is 8.00. The first-order chi connectivity index (χ1) is 26.4. The van der Waals surface area contributed by atoms with Gasteiger partial charge in [-0.05, 0) is 170 Å². The molecule has 54 heavy (non-hydrogen) atoms. The van der Waals surface area contributed by atoms with Gasteiger partial charge >= 0.3 is 0 Å². The van der Waals surface area contributed by atoms with Crippen LogP contribution < -0.4 is 0 Å². The molecule has 0 heteroatoms. The quantitative estimate of drug-likeness (QED) is 0.240. The highest BCUT2D eigenvalue weighted by Crippen LogP contribution is 2.43. The van der Waals surface area contributed by atoms with E-state index in [-0.39, 0.29) is 0 Å². The molecule has 0 amide bonds. The van der Waals surface area contributed by atoms with Crippen molar-refractivity contribution in [2.75, 3.05) is 0 Å². The molecule has 6 aliphatic rings. The largest absolute Gasteiger partial charge is 0.0839 e. The third-order valence-corrected chi connectivity index (χ3v) is 13.0. The van der Waals surface area contributed by atoms with Crippen molar-refractivity contribution in [3.05, 3.63) is 176 Å². The first-order valence-electron chi connectivity index (χ1n) is 21.3. The molecule has 0 heterocycles. The molecule has 0 bridgehead atoms. The van der Waals surface area contributed by atoms with Crippen molar-refractivity contribution >= 4 is 22.4 Å². The van der Waals surface area contributed by atoms with Crippen LogP contribution in [0, 0.1) is 17.8 Å². The summed E-state index contributed by atoms with van der Waals surface area (Å²) >= 11 is 0. The van der Waals surface area contributed by atoms with Gasteiger partial charge < -0.3 is 0 Å². The predicted octanol–water partition coefficient (Wildman–Crippen LogP) is 14.9. The van der Waals surface area contributed by atoms with Gasteiger partial charge in [-0.15, -0.1) is 0 Å². The fourth-order valence-electron chi connectivity index (χ4n) is 9.61. The zero-order valence-corrected chi connectivity index (χ0v) is 33.4. The average Bonchev–Trinajstić information content (AvgIpc) is 3.21. The van der Waals surface area contributed by atoms with Crippen molar-refractivity contribution in [2.24, 2.45) is 17.8 Å². The molecule has 0 aromatic heterocycles. The number of hydrogen-bond donors (Lipinski definition) is 0. The first kappa shape index (κ1) is 36.6. The van der Waals surface area contributed by atoms with Gasteiger partial charge in [0.25, 0.3) is 0 Å². The Bertz CT molecular complexity index is 2180. The van der Waals surface area contributed by atoms with Gasteiger partial charge in [0.2, 0.25) is 0 Å². The van der Waals surface area contributed by atoms with E-state index in [1.807, 2.05) is 0 Å². The molecule has 3 atom stereocenters. The molecule has 8 rings (SSSR count). The highest BCUT2D eigenvalue weighted by atomic mass is 14.3. The molecule has 0 saturated heterocycles. The summed E-state index contributed by atoms with van der Waals surface area (Å²) in [6, 6.07) is 7.46. The Balaban J connectivity index is 1.10. The standard InChI is InChI=1S/C54H60/c1-5-37(2)22-24-39(4)47-32-41(33-48(34-47)43-18-10-9-14-38(3)23-25-43)30-40-15-13-19-44(31-40)46-27-28-51-49-20-11-12-21-50(49)53-35-45(42-16-7-6-8-17-42)26-29-52(53)54(51)36-46/h7,9-10,14,16-19,22,24-29,31,33-34,36,38,45,47H,5-6,8,11-13,15,20-21,23,30,32,35H2,1-4H3. The molecule has 0 fully saturated rings. The molecule has 0 saturated carbocycles. The lowest BCUT2D eigenvalue weighted by Gasteiger charge is -2.30. The van der Waals surface area contributed by atoms with E-state index in [0.717, 1.165) is 44.9 Å². The summed E-state index contributed by atoms with van der Waals surface area (Å²) in [5.41, 5.74) is 19.6. The minimum atomic E-state index is 0.420. The van der Waals surface area contributed by atoms with Gasteiger partial charge in [0.05, 0.1) is 0 Å². The summed E-state index contributed by atoms with van der Waals surface area (Å²) in [5.74, 6) is 1.49. The lowest BCUT2D eigenvalue weighted by molar-refractivity contribution is 0.668. The van der Waals surface area contributed by atoms with Crippen molar-refractivity contribution in [1.29, 1.82) is 0 Å². The second-order valence-electron chi connectivity index (χ2n) is 17.0. The van der Waals surface area contributed by atoms with Crippen molar-refractivity contribution in [3.8, 4) is 0 Å². The Morgan fingerprint density at radius 1 is 0.741 bits per heavy atom. The second kappa shape index (κ2) is 16.5. The molecule has 0 nitrogen and oxygen atoms in total. The molecule has 0 radical (unpaired) electrons. The van der Waals surface area contributed by atoms with E-state index < -0.39 is 0 Å². The molecular formula is C54H60. The maximum atomic E-state index is 2.55. The molecule has 0 spiro atoms. The van der Waals surface area contributed by atoms with E-state index in [1.54, 1.807) is 27.8 Å². The molecule has 0 aliphatic heterocycles. The zero-order valence-electron chi connectivity index (χ0n) is 33.4. The smallest absolute Gasteiger partial charge is 0.00587 e. The van der Waals surface area contributed by atoms with E-state index in [2.05, 4.69) is 143 Å². The topological polar surface area (TPSA) is 0 Å². The highest BCUT2D eigenvalue weighted by Gasteiger charge is 2.26. The predicted molar refractivity (Wildman–Crippen MR) is 235 cm³/mol. The number of rotatable bonds is 8. The Kier molecular flexibility index (Phi) is 11.2.